The summed E-state index contributed by atoms with van der Waals surface area (Å²) in [5, 5.41) is 3.44. The molecule has 2 aliphatic heterocycles. The van der Waals surface area contributed by atoms with Gasteiger partial charge in [0.05, 0.1) is 0 Å². The van der Waals surface area contributed by atoms with Crippen LogP contribution in [0.3, 0.4) is 0 Å². The first-order valence-corrected chi connectivity index (χ1v) is 8.31. The van der Waals surface area contributed by atoms with Crippen LogP contribution in [-0.4, -0.2) is 46.8 Å². The molecule has 0 saturated carbocycles. The summed E-state index contributed by atoms with van der Waals surface area (Å²) in [5.41, 5.74) is 0. The highest BCUT2D eigenvalue weighted by molar-refractivity contribution is 8.00. The van der Waals surface area contributed by atoms with Crippen molar-refractivity contribution in [2.24, 2.45) is 5.92 Å². The number of hydrogen-bond acceptors (Lipinski definition) is 3. The van der Waals surface area contributed by atoms with Crippen molar-refractivity contribution in [3.05, 3.63) is 0 Å². The first-order chi connectivity index (χ1) is 9.06. The van der Waals surface area contributed by atoms with Gasteiger partial charge < -0.3 is 10.2 Å². The molecule has 2 heterocycles. The minimum atomic E-state index is -0.318. The van der Waals surface area contributed by atoms with Crippen molar-refractivity contribution in [3.63, 3.8) is 0 Å². The predicted molar refractivity (Wildman–Crippen MR) is 78.1 cm³/mol. The maximum absolute atomic E-state index is 12.5. The zero-order valence-electron chi connectivity index (χ0n) is 11.9. The molecule has 0 radical (unpaired) electrons. The molecule has 2 atom stereocenters. The van der Waals surface area contributed by atoms with E-state index in [1.807, 2.05) is 16.7 Å². The van der Waals surface area contributed by atoms with Crippen LogP contribution in [0.4, 0.5) is 0 Å². The van der Waals surface area contributed by atoms with E-state index in [-0.39, 0.29) is 17.9 Å². The van der Waals surface area contributed by atoms with Crippen molar-refractivity contribution in [2.75, 3.05) is 18.8 Å². The molecule has 0 aliphatic carbocycles. The van der Waals surface area contributed by atoms with Gasteiger partial charge in [0.15, 0.2) is 0 Å². The number of carbonyl (C=O) groups excluding carboxylic acids is 2. The molecule has 5 heteroatoms. The number of carbonyl (C=O) groups is 2. The Balaban J connectivity index is 2.00. The van der Waals surface area contributed by atoms with Gasteiger partial charge in [0, 0.05) is 24.8 Å². The molecule has 4 nitrogen and oxygen atoms in total. The van der Waals surface area contributed by atoms with Crippen LogP contribution in [0.15, 0.2) is 0 Å². The molecule has 19 heavy (non-hydrogen) atoms. The predicted octanol–water partition coefficient (Wildman–Crippen LogP) is 1.65. The number of nitrogens with zero attached hydrogens (tertiary/aromatic N) is 1. The molecule has 2 aliphatic rings. The molecule has 0 aromatic carbocycles. The van der Waals surface area contributed by atoms with E-state index in [4.69, 9.17) is 0 Å². The second kappa shape index (κ2) is 6.64. The number of amides is 2. The Morgan fingerprint density at radius 2 is 2.21 bits per heavy atom. The van der Waals surface area contributed by atoms with Crippen LogP contribution in [0.25, 0.3) is 0 Å². The van der Waals surface area contributed by atoms with Gasteiger partial charge in [-0.3, -0.25) is 9.59 Å². The maximum atomic E-state index is 12.5. The molecular weight excluding hydrogens is 260 g/mol. The zero-order chi connectivity index (χ0) is 13.8. The molecule has 2 saturated heterocycles. The van der Waals surface area contributed by atoms with Crippen molar-refractivity contribution >= 4 is 23.6 Å². The van der Waals surface area contributed by atoms with E-state index in [1.165, 1.54) is 18.6 Å². The number of nitrogens with one attached hydrogen (secondary N) is 1. The molecule has 2 fully saturated rings. The van der Waals surface area contributed by atoms with E-state index in [0.717, 1.165) is 13.0 Å². The molecule has 2 amide bonds. The van der Waals surface area contributed by atoms with Gasteiger partial charge in [0.25, 0.3) is 0 Å². The van der Waals surface area contributed by atoms with Gasteiger partial charge in [0.2, 0.25) is 11.8 Å². The Labute approximate surface area is 119 Å². The standard InChI is InChI=1S/C14H24N2O2S/c1-10(2)8-12-14(18)16(6-5-13(17)15-12)9-11-4-3-7-19-11/h10-12H,3-9H2,1-2H3,(H,15,17). The van der Waals surface area contributed by atoms with Crippen molar-refractivity contribution < 1.29 is 9.59 Å². The fourth-order valence-corrected chi connectivity index (χ4v) is 4.03. The van der Waals surface area contributed by atoms with E-state index in [9.17, 15) is 9.59 Å². The number of thioether (sulfide) groups is 1. The monoisotopic (exact) mass is 284 g/mol. The lowest BCUT2D eigenvalue weighted by atomic mass is 10.0. The lowest BCUT2D eigenvalue weighted by molar-refractivity contribution is -0.134. The summed E-state index contributed by atoms with van der Waals surface area (Å²) < 4.78 is 0. The molecular formula is C14H24N2O2S. The lowest BCUT2D eigenvalue weighted by Gasteiger charge is -2.27. The number of rotatable bonds is 4. The highest BCUT2D eigenvalue weighted by atomic mass is 32.2. The Hall–Kier alpha value is -0.710. The average molecular weight is 284 g/mol. The summed E-state index contributed by atoms with van der Waals surface area (Å²) >= 11 is 1.96. The van der Waals surface area contributed by atoms with E-state index >= 15 is 0 Å². The van der Waals surface area contributed by atoms with Gasteiger partial charge in [-0.05, 0) is 30.9 Å². The lowest BCUT2D eigenvalue weighted by Crippen LogP contribution is -2.46. The Bertz CT molecular complexity index is 340. The number of hydrogen-bond donors (Lipinski definition) is 1. The fourth-order valence-electron chi connectivity index (χ4n) is 2.74. The molecule has 2 unspecified atom stereocenters. The quantitative estimate of drug-likeness (QED) is 0.854. The van der Waals surface area contributed by atoms with E-state index in [2.05, 4.69) is 19.2 Å². The highest BCUT2D eigenvalue weighted by Gasteiger charge is 2.32. The molecule has 108 valence electrons. The summed E-state index contributed by atoms with van der Waals surface area (Å²) in [6.07, 6.45) is 3.63. The Morgan fingerprint density at radius 3 is 2.84 bits per heavy atom. The smallest absolute Gasteiger partial charge is 0.245 e. The van der Waals surface area contributed by atoms with Crippen LogP contribution in [0.2, 0.25) is 0 Å². The van der Waals surface area contributed by atoms with Gasteiger partial charge in [-0.25, -0.2) is 0 Å². The van der Waals surface area contributed by atoms with Crippen LogP contribution >= 0.6 is 11.8 Å². The van der Waals surface area contributed by atoms with Gasteiger partial charge in [-0.1, -0.05) is 13.8 Å². The van der Waals surface area contributed by atoms with E-state index < -0.39 is 0 Å². The Morgan fingerprint density at radius 1 is 1.42 bits per heavy atom. The highest BCUT2D eigenvalue weighted by Crippen LogP contribution is 2.27. The van der Waals surface area contributed by atoms with Crippen LogP contribution < -0.4 is 5.32 Å². The SMILES string of the molecule is CC(C)CC1NC(=O)CCN(CC2CCCS2)C1=O. The summed E-state index contributed by atoms with van der Waals surface area (Å²) in [6.45, 7) is 5.56. The summed E-state index contributed by atoms with van der Waals surface area (Å²) in [5.74, 6) is 1.75. The van der Waals surface area contributed by atoms with Crippen LogP contribution in [0, 0.1) is 5.92 Å². The van der Waals surface area contributed by atoms with E-state index in [1.54, 1.807) is 0 Å². The van der Waals surface area contributed by atoms with Crippen molar-refractivity contribution in [1.29, 1.82) is 0 Å². The molecule has 0 aromatic heterocycles. The van der Waals surface area contributed by atoms with Crippen molar-refractivity contribution in [2.45, 2.75) is 50.8 Å². The third kappa shape index (κ3) is 4.13. The second-order valence-corrected chi connectivity index (χ2v) is 7.33. The summed E-state index contributed by atoms with van der Waals surface area (Å²) in [7, 11) is 0. The van der Waals surface area contributed by atoms with Gasteiger partial charge in [-0.2, -0.15) is 11.8 Å². The van der Waals surface area contributed by atoms with Gasteiger partial charge in [0.1, 0.15) is 6.04 Å². The first-order valence-electron chi connectivity index (χ1n) is 7.26. The topological polar surface area (TPSA) is 49.4 Å². The van der Waals surface area contributed by atoms with Crippen LogP contribution in [0.5, 0.6) is 0 Å². The van der Waals surface area contributed by atoms with Crippen molar-refractivity contribution in [1.82, 2.24) is 10.2 Å². The molecule has 1 N–H and O–H groups in total. The third-order valence-corrected chi connectivity index (χ3v) is 5.09. The summed E-state index contributed by atoms with van der Waals surface area (Å²) in [4.78, 5) is 26.1. The first kappa shape index (κ1) is 14.7. The molecule has 0 bridgehead atoms. The maximum Gasteiger partial charge on any atom is 0.245 e. The van der Waals surface area contributed by atoms with Gasteiger partial charge in [-0.15, -0.1) is 0 Å². The minimum Gasteiger partial charge on any atom is -0.344 e. The normalized spacial score (nSPS) is 28.7. The average Bonchev–Trinajstić information content (AvgIpc) is 2.80. The largest absolute Gasteiger partial charge is 0.344 e. The van der Waals surface area contributed by atoms with Crippen LogP contribution in [0.1, 0.15) is 39.5 Å². The molecule has 2 rings (SSSR count). The zero-order valence-corrected chi connectivity index (χ0v) is 12.7. The van der Waals surface area contributed by atoms with Crippen molar-refractivity contribution in [3.8, 4) is 0 Å². The third-order valence-electron chi connectivity index (χ3n) is 3.71. The van der Waals surface area contributed by atoms with E-state index in [0.29, 0.717) is 24.1 Å². The fraction of sp³-hybridized carbons (Fsp3) is 0.857. The second-order valence-electron chi connectivity index (χ2n) is 5.92. The minimum absolute atomic E-state index is 0.0144. The Kier molecular flexibility index (Phi) is 5.13. The van der Waals surface area contributed by atoms with Crippen LogP contribution in [-0.2, 0) is 9.59 Å². The summed E-state index contributed by atoms with van der Waals surface area (Å²) in [6, 6.07) is -0.318. The molecule has 0 spiro atoms. The van der Waals surface area contributed by atoms with Gasteiger partial charge >= 0.3 is 0 Å². The molecule has 0 aromatic rings.